The van der Waals surface area contributed by atoms with Crippen molar-refractivity contribution in [3.63, 3.8) is 0 Å². The Bertz CT molecular complexity index is 775. The summed E-state index contributed by atoms with van der Waals surface area (Å²) in [5.41, 5.74) is 0.111. The molecule has 31 heavy (non-hydrogen) atoms. The van der Waals surface area contributed by atoms with Crippen LogP contribution in [0.1, 0.15) is 91.8 Å². The molecule has 5 nitrogen and oxygen atoms in total. The SMILES string of the molecule is CCCCCCCCCCCCSCC(=O)Oc1ccc2c(c1)C(=O)/C(=C\O)C2=O.[Ag]. The Balaban J connectivity index is 0.00000480. The molecule has 0 aliphatic heterocycles. The molecule has 0 atom stereocenters. The zero-order chi connectivity index (χ0) is 21.8. The number of carbonyl (C=O) groups is 3. The Hall–Kier alpha value is -1.34. The van der Waals surface area contributed by atoms with E-state index in [0.29, 0.717) is 6.26 Å². The third-order valence-corrected chi connectivity index (χ3v) is 6.21. The molecule has 1 aliphatic rings. The molecule has 0 amide bonds. The van der Waals surface area contributed by atoms with E-state index in [-0.39, 0.29) is 56.6 Å². The van der Waals surface area contributed by atoms with Gasteiger partial charge in [-0.15, -0.1) is 0 Å². The van der Waals surface area contributed by atoms with Crippen molar-refractivity contribution in [3.05, 3.63) is 41.2 Å². The number of ether oxygens (including phenoxy) is 1. The summed E-state index contributed by atoms with van der Waals surface area (Å²) in [5, 5.41) is 9.04. The van der Waals surface area contributed by atoms with Gasteiger partial charge in [0.2, 0.25) is 11.6 Å². The minimum absolute atomic E-state index is 0. The van der Waals surface area contributed by atoms with E-state index >= 15 is 0 Å². The summed E-state index contributed by atoms with van der Waals surface area (Å²) in [5.74, 6) is -0.0233. The average molecular weight is 540 g/mol. The number of allylic oxidation sites excluding steroid dienone is 1. The first kappa shape index (κ1) is 27.7. The molecule has 0 spiro atoms. The van der Waals surface area contributed by atoms with E-state index in [0.717, 1.165) is 12.2 Å². The monoisotopic (exact) mass is 539 g/mol. The second kappa shape index (κ2) is 15.5. The van der Waals surface area contributed by atoms with Crippen LogP contribution in [0.3, 0.4) is 0 Å². The molecule has 1 N–H and O–H groups in total. The van der Waals surface area contributed by atoms with E-state index in [2.05, 4.69) is 6.92 Å². The van der Waals surface area contributed by atoms with Crippen LogP contribution < -0.4 is 4.74 Å². The van der Waals surface area contributed by atoms with E-state index in [1.807, 2.05) is 0 Å². The molecule has 1 aromatic carbocycles. The minimum Gasteiger partial charge on any atom is -0.515 e. The predicted molar refractivity (Wildman–Crippen MR) is 121 cm³/mol. The Labute approximate surface area is 204 Å². The summed E-state index contributed by atoms with van der Waals surface area (Å²) in [6.45, 7) is 2.24. The predicted octanol–water partition coefficient (Wildman–Crippen LogP) is 6.06. The molecule has 7 heteroatoms. The van der Waals surface area contributed by atoms with E-state index < -0.39 is 11.6 Å². The Morgan fingerprint density at radius 2 is 1.52 bits per heavy atom. The number of esters is 1. The number of hydrogen-bond donors (Lipinski definition) is 1. The number of unbranched alkanes of at least 4 members (excludes halogenated alkanes) is 9. The van der Waals surface area contributed by atoms with Crippen LogP contribution in [0.4, 0.5) is 0 Å². The third kappa shape index (κ3) is 8.97. The molecule has 1 radical (unpaired) electrons. The van der Waals surface area contributed by atoms with Crippen molar-refractivity contribution in [1.29, 1.82) is 0 Å². The maximum Gasteiger partial charge on any atom is 0.321 e. The van der Waals surface area contributed by atoms with Crippen LogP contribution in [0.2, 0.25) is 0 Å². The van der Waals surface area contributed by atoms with E-state index in [4.69, 9.17) is 9.84 Å². The van der Waals surface area contributed by atoms with Crippen molar-refractivity contribution in [2.75, 3.05) is 11.5 Å². The van der Waals surface area contributed by atoms with Gasteiger partial charge in [0.05, 0.1) is 12.0 Å². The number of hydrogen-bond acceptors (Lipinski definition) is 6. The van der Waals surface area contributed by atoms with Gasteiger partial charge in [-0.3, -0.25) is 14.4 Å². The maximum absolute atomic E-state index is 12.1. The van der Waals surface area contributed by atoms with Crippen molar-refractivity contribution < 1.29 is 46.6 Å². The molecule has 0 bridgehead atoms. The number of fused-ring (bicyclic) bond motifs is 1. The van der Waals surface area contributed by atoms with Crippen LogP contribution >= 0.6 is 11.8 Å². The van der Waals surface area contributed by atoms with Gasteiger partial charge < -0.3 is 9.84 Å². The molecular weight excluding hydrogens is 508 g/mol. The summed E-state index contributed by atoms with van der Waals surface area (Å²) < 4.78 is 5.29. The zero-order valence-electron chi connectivity index (χ0n) is 18.1. The van der Waals surface area contributed by atoms with Gasteiger partial charge in [0, 0.05) is 33.5 Å². The second-order valence-electron chi connectivity index (χ2n) is 7.62. The van der Waals surface area contributed by atoms with Crippen LogP contribution in [-0.2, 0) is 27.2 Å². The van der Waals surface area contributed by atoms with Crippen LogP contribution in [-0.4, -0.2) is 34.1 Å². The van der Waals surface area contributed by atoms with Gasteiger partial charge in [-0.05, 0) is 30.4 Å². The smallest absolute Gasteiger partial charge is 0.321 e. The second-order valence-corrected chi connectivity index (χ2v) is 8.72. The number of carbonyl (C=O) groups excluding carboxylic acids is 3. The topological polar surface area (TPSA) is 80.7 Å². The number of aliphatic hydroxyl groups excluding tert-OH is 1. The molecule has 1 aliphatic carbocycles. The molecule has 0 unspecified atom stereocenters. The normalized spacial score (nSPS) is 13.9. The summed E-state index contributed by atoms with van der Waals surface area (Å²) in [6, 6.07) is 4.33. The fraction of sp³-hybridized carbons (Fsp3) is 0.542. The van der Waals surface area contributed by atoms with Gasteiger partial charge in [-0.1, -0.05) is 64.7 Å². The van der Waals surface area contributed by atoms with Gasteiger partial charge >= 0.3 is 5.97 Å². The van der Waals surface area contributed by atoms with Gasteiger partial charge in [-0.25, -0.2) is 0 Å². The van der Waals surface area contributed by atoms with Crippen molar-refractivity contribution >= 4 is 29.3 Å². The van der Waals surface area contributed by atoms with E-state index in [1.54, 1.807) is 11.8 Å². The van der Waals surface area contributed by atoms with Crippen molar-refractivity contribution in [2.45, 2.75) is 71.1 Å². The van der Waals surface area contributed by atoms with Gasteiger partial charge in [-0.2, -0.15) is 11.8 Å². The number of thioether (sulfide) groups is 1. The summed E-state index contributed by atoms with van der Waals surface area (Å²) >= 11 is 1.55. The minimum atomic E-state index is -0.550. The first-order chi connectivity index (χ1) is 14.6. The van der Waals surface area contributed by atoms with E-state index in [9.17, 15) is 14.4 Å². The number of benzene rings is 1. The number of aliphatic hydroxyl groups is 1. The fourth-order valence-corrected chi connectivity index (χ4v) is 4.27. The Morgan fingerprint density at radius 1 is 0.935 bits per heavy atom. The first-order valence-corrected chi connectivity index (χ1v) is 12.1. The van der Waals surface area contributed by atoms with Crippen LogP contribution in [0.15, 0.2) is 30.0 Å². The van der Waals surface area contributed by atoms with Crippen LogP contribution in [0.5, 0.6) is 5.75 Å². The van der Waals surface area contributed by atoms with Crippen LogP contribution in [0, 0.1) is 0 Å². The molecule has 175 valence electrons. The number of rotatable bonds is 14. The van der Waals surface area contributed by atoms with Gasteiger partial charge in [0.15, 0.2) is 0 Å². The number of Topliss-reactive ketones (excluding diaryl/α,β-unsaturated/α-hetero) is 2. The third-order valence-electron chi connectivity index (χ3n) is 5.19. The quantitative estimate of drug-likeness (QED) is 0.0588. The molecule has 0 aromatic heterocycles. The molecule has 0 heterocycles. The van der Waals surface area contributed by atoms with Gasteiger partial charge in [0.1, 0.15) is 11.3 Å². The molecule has 2 rings (SSSR count). The maximum atomic E-state index is 12.1. The molecule has 0 saturated heterocycles. The number of ketones is 2. The Morgan fingerprint density at radius 3 is 2.13 bits per heavy atom. The standard InChI is InChI=1S/C24H32O5S.Ag/c1-2-3-4-5-6-7-8-9-10-11-14-30-17-22(26)29-18-12-13-19-20(15-18)24(28)21(16-25)23(19)27;/h12-13,15-16,25H,2-11,14,17H2,1H3;/b21-16-;. The fourth-order valence-electron chi connectivity index (χ4n) is 3.49. The first-order valence-electron chi connectivity index (χ1n) is 10.9. The van der Waals surface area contributed by atoms with Gasteiger partial charge in [0.25, 0.3) is 0 Å². The van der Waals surface area contributed by atoms with Crippen molar-refractivity contribution in [1.82, 2.24) is 0 Å². The zero-order valence-corrected chi connectivity index (χ0v) is 20.4. The average Bonchev–Trinajstić information content (AvgIpc) is 2.98. The molecule has 0 saturated carbocycles. The van der Waals surface area contributed by atoms with E-state index in [1.165, 1.54) is 76.0 Å². The summed E-state index contributed by atoms with van der Waals surface area (Å²) in [7, 11) is 0. The molecule has 0 fully saturated rings. The molecule has 1 aromatic rings. The Kier molecular flexibility index (Phi) is 13.8. The summed E-state index contributed by atoms with van der Waals surface area (Å²) in [4.78, 5) is 36.0. The van der Waals surface area contributed by atoms with Crippen molar-refractivity contribution in [2.24, 2.45) is 0 Å². The molecular formula is C24H32AgO5S. The van der Waals surface area contributed by atoms with Crippen molar-refractivity contribution in [3.8, 4) is 5.75 Å². The largest absolute Gasteiger partial charge is 0.515 e. The van der Waals surface area contributed by atoms with Crippen LogP contribution in [0.25, 0.3) is 0 Å². The summed E-state index contributed by atoms with van der Waals surface area (Å²) in [6.07, 6.45) is 13.4.